The molecule has 0 aliphatic carbocycles. The van der Waals surface area contributed by atoms with E-state index < -0.39 is 11.6 Å². The van der Waals surface area contributed by atoms with Crippen LogP contribution in [0.4, 0.5) is 8.78 Å². The molecule has 102 valence electrons. The SMILES string of the molecule is Cc1cc(Oc2cc(Br)cc(F)c2F)c(C#N)c(C)n1. The second-order valence-corrected chi connectivity index (χ2v) is 5.05. The number of halogens is 3. The highest BCUT2D eigenvalue weighted by molar-refractivity contribution is 9.10. The van der Waals surface area contributed by atoms with Crippen molar-refractivity contribution in [1.29, 1.82) is 5.26 Å². The third-order valence-corrected chi connectivity index (χ3v) is 3.04. The Morgan fingerprint density at radius 3 is 2.55 bits per heavy atom. The Morgan fingerprint density at radius 2 is 1.90 bits per heavy atom. The minimum Gasteiger partial charge on any atom is -0.453 e. The third-order valence-electron chi connectivity index (χ3n) is 2.58. The van der Waals surface area contributed by atoms with Crippen LogP contribution in [0.3, 0.4) is 0 Å². The van der Waals surface area contributed by atoms with Gasteiger partial charge in [0.05, 0.1) is 5.69 Å². The Labute approximate surface area is 123 Å². The summed E-state index contributed by atoms with van der Waals surface area (Å²) in [6, 6.07) is 5.74. The molecule has 0 N–H and O–H groups in total. The summed E-state index contributed by atoms with van der Waals surface area (Å²) in [5, 5.41) is 9.10. The number of rotatable bonds is 2. The number of hydrogen-bond acceptors (Lipinski definition) is 3. The molecule has 1 heterocycles. The lowest BCUT2D eigenvalue weighted by atomic mass is 10.2. The molecule has 0 saturated heterocycles. The van der Waals surface area contributed by atoms with E-state index in [0.717, 1.165) is 6.07 Å². The average Bonchev–Trinajstić information content (AvgIpc) is 2.35. The van der Waals surface area contributed by atoms with Gasteiger partial charge in [0.1, 0.15) is 17.4 Å². The van der Waals surface area contributed by atoms with E-state index in [-0.39, 0.29) is 17.1 Å². The van der Waals surface area contributed by atoms with Crippen LogP contribution in [0, 0.1) is 36.8 Å². The first-order valence-corrected chi connectivity index (χ1v) is 6.42. The number of nitrogens with zero attached hydrogens (tertiary/aromatic N) is 2. The normalized spacial score (nSPS) is 10.2. The van der Waals surface area contributed by atoms with E-state index >= 15 is 0 Å². The third kappa shape index (κ3) is 2.78. The van der Waals surface area contributed by atoms with Gasteiger partial charge in [-0.15, -0.1) is 0 Å². The van der Waals surface area contributed by atoms with Crippen LogP contribution in [0.25, 0.3) is 0 Å². The number of ether oxygens (including phenoxy) is 1. The van der Waals surface area contributed by atoms with Gasteiger partial charge in [0.2, 0.25) is 5.82 Å². The second kappa shape index (κ2) is 5.55. The molecular weight excluding hydrogens is 330 g/mol. The molecule has 2 aromatic rings. The summed E-state index contributed by atoms with van der Waals surface area (Å²) in [7, 11) is 0. The molecule has 0 aliphatic heterocycles. The highest BCUT2D eigenvalue weighted by Crippen LogP contribution is 2.32. The molecular formula is C14H9BrF2N2O. The summed E-state index contributed by atoms with van der Waals surface area (Å²) < 4.78 is 32.7. The zero-order chi connectivity index (χ0) is 14.9. The van der Waals surface area contributed by atoms with Crippen molar-refractivity contribution in [3.8, 4) is 17.6 Å². The van der Waals surface area contributed by atoms with Crippen LogP contribution in [-0.4, -0.2) is 4.98 Å². The lowest BCUT2D eigenvalue weighted by Crippen LogP contribution is -1.98. The van der Waals surface area contributed by atoms with Crippen LogP contribution < -0.4 is 4.74 Å². The van der Waals surface area contributed by atoms with Gasteiger partial charge in [0.25, 0.3) is 0 Å². The topological polar surface area (TPSA) is 45.9 Å². The maximum absolute atomic E-state index is 13.7. The largest absolute Gasteiger partial charge is 0.453 e. The molecule has 0 spiro atoms. The summed E-state index contributed by atoms with van der Waals surface area (Å²) in [6.45, 7) is 3.37. The van der Waals surface area contributed by atoms with Gasteiger partial charge in [-0.25, -0.2) is 4.39 Å². The van der Waals surface area contributed by atoms with Crippen molar-refractivity contribution in [2.75, 3.05) is 0 Å². The van der Waals surface area contributed by atoms with Gasteiger partial charge in [-0.1, -0.05) is 15.9 Å². The maximum atomic E-state index is 13.7. The molecule has 0 saturated carbocycles. The summed E-state index contributed by atoms with van der Waals surface area (Å²) in [6.07, 6.45) is 0. The highest BCUT2D eigenvalue weighted by Gasteiger charge is 2.16. The van der Waals surface area contributed by atoms with Crippen LogP contribution in [0.5, 0.6) is 11.5 Å². The van der Waals surface area contributed by atoms with Gasteiger partial charge in [-0.05, 0) is 26.0 Å². The number of aryl methyl sites for hydroxylation is 2. The Morgan fingerprint density at radius 1 is 1.20 bits per heavy atom. The van der Waals surface area contributed by atoms with Gasteiger partial charge < -0.3 is 4.74 Å². The van der Waals surface area contributed by atoms with E-state index in [1.807, 2.05) is 6.07 Å². The number of pyridine rings is 1. The maximum Gasteiger partial charge on any atom is 0.201 e. The van der Waals surface area contributed by atoms with E-state index in [9.17, 15) is 8.78 Å². The number of hydrogen-bond donors (Lipinski definition) is 0. The first-order chi connectivity index (χ1) is 9.42. The van der Waals surface area contributed by atoms with Crippen molar-refractivity contribution in [3.05, 3.63) is 51.3 Å². The van der Waals surface area contributed by atoms with E-state index in [2.05, 4.69) is 20.9 Å². The predicted molar refractivity (Wildman–Crippen MR) is 72.6 cm³/mol. The average molecular weight is 339 g/mol. The highest BCUT2D eigenvalue weighted by atomic mass is 79.9. The molecule has 2 rings (SSSR count). The number of benzene rings is 1. The summed E-state index contributed by atoms with van der Waals surface area (Å²) >= 11 is 3.06. The summed E-state index contributed by atoms with van der Waals surface area (Å²) in [4.78, 5) is 4.12. The predicted octanol–water partition coefficient (Wildman–Crippen LogP) is 4.40. The molecule has 0 amide bonds. The Balaban J connectivity index is 2.53. The Hall–Kier alpha value is -2.00. The van der Waals surface area contributed by atoms with Gasteiger partial charge >= 0.3 is 0 Å². The van der Waals surface area contributed by atoms with Crippen molar-refractivity contribution in [2.45, 2.75) is 13.8 Å². The van der Waals surface area contributed by atoms with Gasteiger partial charge in [-0.3, -0.25) is 4.98 Å². The first kappa shape index (κ1) is 14.4. The molecule has 0 fully saturated rings. The molecule has 0 aliphatic rings. The van der Waals surface area contributed by atoms with Crippen LogP contribution in [0.1, 0.15) is 17.0 Å². The van der Waals surface area contributed by atoms with E-state index in [4.69, 9.17) is 10.00 Å². The van der Waals surface area contributed by atoms with Crippen LogP contribution in [-0.2, 0) is 0 Å². The fourth-order valence-corrected chi connectivity index (χ4v) is 2.14. The molecule has 6 heteroatoms. The van der Waals surface area contributed by atoms with Gasteiger partial charge in [-0.2, -0.15) is 9.65 Å². The smallest absolute Gasteiger partial charge is 0.201 e. The van der Waals surface area contributed by atoms with Crippen LogP contribution in [0.15, 0.2) is 22.7 Å². The van der Waals surface area contributed by atoms with Crippen molar-refractivity contribution < 1.29 is 13.5 Å². The summed E-state index contributed by atoms with van der Waals surface area (Å²) in [5.74, 6) is -2.29. The second-order valence-electron chi connectivity index (χ2n) is 4.14. The zero-order valence-corrected chi connectivity index (χ0v) is 12.3. The summed E-state index contributed by atoms with van der Waals surface area (Å²) in [5.41, 5.74) is 1.28. The van der Waals surface area contributed by atoms with Crippen LogP contribution >= 0.6 is 15.9 Å². The fraction of sp³-hybridized carbons (Fsp3) is 0.143. The lowest BCUT2D eigenvalue weighted by Gasteiger charge is -2.11. The molecule has 1 aromatic carbocycles. The molecule has 1 aromatic heterocycles. The minimum atomic E-state index is -1.11. The van der Waals surface area contributed by atoms with E-state index in [1.165, 1.54) is 12.1 Å². The standard InChI is InChI=1S/C14H9BrF2N2O/c1-7-3-12(10(6-18)8(2)19-7)20-13-5-9(15)4-11(16)14(13)17/h3-5H,1-2H3. The zero-order valence-electron chi connectivity index (χ0n) is 10.7. The molecule has 0 unspecified atom stereocenters. The molecule has 0 bridgehead atoms. The number of aromatic nitrogens is 1. The van der Waals surface area contributed by atoms with E-state index in [1.54, 1.807) is 13.8 Å². The number of nitriles is 1. The van der Waals surface area contributed by atoms with Crippen molar-refractivity contribution in [1.82, 2.24) is 4.98 Å². The molecule has 0 radical (unpaired) electrons. The quantitative estimate of drug-likeness (QED) is 0.762. The fourth-order valence-electron chi connectivity index (χ4n) is 1.73. The Bertz CT molecular complexity index is 726. The lowest BCUT2D eigenvalue weighted by molar-refractivity contribution is 0.413. The minimum absolute atomic E-state index is 0.147. The molecule has 0 atom stereocenters. The van der Waals surface area contributed by atoms with E-state index in [0.29, 0.717) is 15.9 Å². The monoisotopic (exact) mass is 338 g/mol. The first-order valence-electron chi connectivity index (χ1n) is 5.63. The van der Waals surface area contributed by atoms with Gasteiger partial charge in [0, 0.05) is 16.2 Å². The van der Waals surface area contributed by atoms with Crippen molar-refractivity contribution >= 4 is 15.9 Å². The van der Waals surface area contributed by atoms with Gasteiger partial charge in [0.15, 0.2) is 11.6 Å². The van der Waals surface area contributed by atoms with Crippen molar-refractivity contribution in [2.24, 2.45) is 0 Å². The van der Waals surface area contributed by atoms with Crippen LogP contribution in [0.2, 0.25) is 0 Å². The van der Waals surface area contributed by atoms with Crippen molar-refractivity contribution in [3.63, 3.8) is 0 Å². The molecule has 3 nitrogen and oxygen atoms in total. The molecule has 20 heavy (non-hydrogen) atoms. The Kier molecular flexibility index (Phi) is 4.00.